The van der Waals surface area contributed by atoms with Crippen molar-refractivity contribution in [3.05, 3.63) is 101 Å². The summed E-state index contributed by atoms with van der Waals surface area (Å²) in [4.78, 5) is 50.5. The molecule has 9 atom stereocenters. The molecular formula is C44H54N2O14S. The number of rotatable bonds is 17. The number of aromatic hydroxyl groups is 1. The van der Waals surface area contributed by atoms with Gasteiger partial charge in [0.25, 0.3) is 0 Å². The summed E-state index contributed by atoms with van der Waals surface area (Å²) < 4.78 is 40.9. The van der Waals surface area contributed by atoms with Gasteiger partial charge in [-0.3, -0.25) is 19.2 Å². The van der Waals surface area contributed by atoms with E-state index in [-0.39, 0.29) is 37.6 Å². The van der Waals surface area contributed by atoms with E-state index in [0.717, 1.165) is 36.1 Å². The molecule has 4 N–H and O–H groups in total. The maximum Gasteiger partial charge on any atom is 0.303 e. The van der Waals surface area contributed by atoms with E-state index in [0.29, 0.717) is 36.6 Å². The molecule has 2 aliphatic heterocycles. The Morgan fingerprint density at radius 3 is 2.02 bits per heavy atom. The molecule has 2 heterocycles. The second-order valence-corrected chi connectivity index (χ2v) is 15.6. The number of hydrogen-bond acceptors (Lipinski definition) is 16. The first kappa shape index (κ1) is 47.0. The van der Waals surface area contributed by atoms with Crippen LogP contribution in [0.1, 0.15) is 86.9 Å². The highest BCUT2D eigenvalue weighted by Gasteiger charge is 2.52. The van der Waals surface area contributed by atoms with Crippen molar-refractivity contribution in [1.29, 1.82) is 0 Å². The van der Waals surface area contributed by atoms with Gasteiger partial charge in [0.05, 0.1) is 29.9 Å². The molecule has 0 spiro atoms. The zero-order valence-electron chi connectivity index (χ0n) is 34.8. The molecule has 61 heavy (non-hydrogen) atoms. The number of nitrogens with one attached hydrogen (secondary N) is 1. The van der Waals surface area contributed by atoms with Crippen LogP contribution in [0.2, 0.25) is 0 Å². The number of ether oxygens (including phenoxy) is 7. The third kappa shape index (κ3) is 14.0. The Morgan fingerprint density at radius 1 is 0.803 bits per heavy atom. The van der Waals surface area contributed by atoms with Crippen LogP contribution in [0, 0.1) is 0 Å². The van der Waals surface area contributed by atoms with Gasteiger partial charge in [0.15, 0.2) is 24.6 Å². The Bertz CT molecular complexity index is 1960. The van der Waals surface area contributed by atoms with E-state index in [4.69, 9.17) is 45.4 Å². The molecule has 2 fully saturated rings. The van der Waals surface area contributed by atoms with Crippen molar-refractivity contribution < 1.29 is 67.7 Å². The molecule has 2 saturated heterocycles. The lowest BCUT2D eigenvalue weighted by Gasteiger charge is -2.44. The van der Waals surface area contributed by atoms with Crippen molar-refractivity contribution in [3.63, 3.8) is 0 Å². The summed E-state index contributed by atoms with van der Waals surface area (Å²) in [7, 11) is 1.90. The monoisotopic (exact) mass is 866 g/mol. The van der Waals surface area contributed by atoms with Crippen LogP contribution in [0.25, 0.3) is 0 Å². The van der Waals surface area contributed by atoms with Crippen LogP contribution in [-0.4, -0.2) is 112 Å². The smallest absolute Gasteiger partial charge is 0.303 e. The molecule has 3 aromatic carbocycles. The zero-order chi connectivity index (χ0) is 44.2. The summed E-state index contributed by atoms with van der Waals surface area (Å²) in [6.07, 6.45) is -7.46. The van der Waals surface area contributed by atoms with E-state index >= 15 is 0 Å². The molecule has 0 aliphatic carbocycles. The molecule has 1 unspecified atom stereocenters. The molecule has 3 aromatic rings. The minimum Gasteiger partial charge on any atom is -0.508 e. The predicted octanol–water partition coefficient (Wildman–Crippen LogP) is 4.03. The maximum atomic E-state index is 12.2. The predicted molar refractivity (Wildman–Crippen MR) is 221 cm³/mol. The molecule has 2 aliphatic rings. The van der Waals surface area contributed by atoms with Crippen LogP contribution in [0.5, 0.6) is 5.75 Å². The van der Waals surface area contributed by atoms with E-state index in [9.17, 15) is 34.5 Å². The van der Waals surface area contributed by atoms with Crippen molar-refractivity contribution in [3.8, 4) is 5.75 Å². The lowest BCUT2D eigenvalue weighted by Crippen LogP contribution is -2.62. The molecule has 0 radical (unpaired) electrons. The van der Waals surface area contributed by atoms with Crippen LogP contribution in [0.15, 0.2) is 72.8 Å². The standard InChI is InChI=1S/C44H54N2O14S/c1-25(48)54-24-39-42(56-27(3)50)43(57-28(4)51)41(55-26(2)49)38(59-39)19-40(61)45-20-29-9-15-32(16-10-29)44-58-35(18-37(60-44)31-13-11-30(23-47)12-14-31)21-46(5)22-36(53)33-7-6-8-34(52)17-33/h6-17,35-39,41-44,47,52-53H,18-24H2,1-5H3,(H,45,61)/t35-,36+,37+,38-,39+,41-,42+,43+,44?/m0/s1. The van der Waals surface area contributed by atoms with Crippen molar-refractivity contribution in [2.45, 2.75) is 109 Å². The van der Waals surface area contributed by atoms with Gasteiger partial charge >= 0.3 is 23.9 Å². The van der Waals surface area contributed by atoms with Crippen LogP contribution < -0.4 is 5.32 Å². The third-order valence-electron chi connectivity index (χ3n) is 10.1. The minimum absolute atomic E-state index is 0.00238. The maximum absolute atomic E-state index is 12.2. The first-order valence-electron chi connectivity index (χ1n) is 19.9. The Hall–Kier alpha value is -5.01. The molecule has 330 valence electrons. The number of carbonyl (C=O) groups excluding carboxylic acids is 4. The first-order valence-corrected chi connectivity index (χ1v) is 20.3. The summed E-state index contributed by atoms with van der Waals surface area (Å²) >= 11 is 5.69. The number of thiocarbonyl (C=S) groups is 1. The molecule has 0 saturated carbocycles. The SMILES string of the molecule is CC(=O)OC[C@H]1O[C@@H](CC(=S)NCc2ccc(C3O[C@H](CN(C)C[C@@H](O)c4cccc(O)c4)C[C@H](c4ccc(CO)cc4)O3)cc2)[C@H](OC(C)=O)[C@@H](OC(C)=O)[C@@H]1OC(C)=O. The Morgan fingerprint density at radius 2 is 1.41 bits per heavy atom. The average Bonchev–Trinajstić information content (AvgIpc) is 3.21. The summed E-state index contributed by atoms with van der Waals surface area (Å²) in [5, 5.41) is 33.6. The van der Waals surface area contributed by atoms with E-state index in [1.165, 1.54) is 13.8 Å². The number of phenols is 1. The second-order valence-electron chi connectivity index (χ2n) is 15.1. The molecule has 0 amide bonds. The fourth-order valence-electron chi connectivity index (χ4n) is 7.32. The highest BCUT2D eigenvalue weighted by molar-refractivity contribution is 7.80. The summed E-state index contributed by atoms with van der Waals surface area (Å²) in [5.41, 5.74) is 3.95. The molecule has 16 nitrogen and oxygen atoms in total. The normalized spacial score (nSPS) is 24.3. The average molecular weight is 867 g/mol. The number of hydrogen-bond donors (Lipinski definition) is 4. The molecule has 0 bridgehead atoms. The lowest BCUT2D eigenvalue weighted by atomic mass is 9.92. The zero-order valence-corrected chi connectivity index (χ0v) is 35.6. The highest BCUT2D eigenvalue weighted by atomic mass is 32.1. The lowest BCUT2D eigenvalue weighted by molar-refractivity contribution is -0.252. The highest BCUT2D eigenvalue weighted by Crippen LogP contribution is 2.38. The van der Waals surface area contributed by atoms with Crippen molar-refractivity contribution >= 4 is 41.1 Å². The molecule has 5 rings (SSSR count). The van der Waals surface area contributed by atoms with Gasteiger partial charge in [-0.25, -0.2) is 0 Å². The number of aliphatic hydroxyl groups excluding tert-OH is 2. The second kappa shape index (κ2) is 22.2. The fourth-order valence-corrected chi connectivity index (χ4v) is 7.55. The number of aliphatic hydroxyl groups is 2. The summed E-state index contributed by atoms with van der Waals surface area (Å²) in [5.74, 6) is -2.68. The van der Waals surface area contributed by atoms with Gasteiger partial charge in [-0.05, 0) is 41.4 Å². The van der Waals surface area contributed by atoms with Crippen LogP contribution in [0.3, 0.4) is 0 Å². The minimum atomic E-state index is -1.29. The van der Waals surface area contributed by atoms with E-state index in [1.54, 1.807) is 24.3 Å². The number of carbonyl (C=O) groups is 4. The van der Waals surface area contributed by atoms with E-state index in [2.05, 4.69) is 5.32 Å². The van der Waals surface area contributed by atoms with Crippen molar-refractivity contribution in [2.75, 3.05) is 26.7 Å². The van der Waals surface area contributed by atoms with Gasteiger partial charge in [-0.1, -0.05) is 72.9 Å². The van der Waals surface area contributed by atoms with E-state index < -0.39 is 66.8 Å². The van der Waals surface area contributed by atoms with Gasteiger partial charge in [-0.15, -0.1) is 0 Å². The van der Waals surface area contributed by atoms with Gasteiger partial charge in [0.1, 0.15) is 24.6 Å². The Kier molecular flexibility index (Phi) is 17.1. The quantitative estimate of drug-likeness (QED) is 0.0858. The van der Waals surface area contributed by atoms with Gasteiger partial charge in [0, 0.05) is 65.7 Å². The fraction of sp³-hybridized carbons (Fsp3) is 0.477. The number of nitrogens with zero attached hydrogens (tertiary/aromatic N) is 1. The Labute approximate surface area is 360 Å². The summed E-state index contributed by atoms with van der Waals surface area (Å²) in [6.45, 7) is 5.37. The van der Waals surface area contributed by atoms with Crippen molar-refractivity contribution in [2.24, 2.45) is 0 Å². The van der Waals surface area contributed by atoms with Crippen LogP contribution in [-0.2, 0) is 65.5 Å². The topological polar surface area (TPSA) is 209 Å². The largest absolute Gasteiger partial charge is 0.508 e. The Balaban J connectivity index is 1.26. The van der Waals surface area contributed by atoms with Crippen LogP contribution in [0.4, 0.5) is 0 Å². The number of likely N-dealkylation sites (N-methyl/N-ethyl adjacent to an activating group) is 1. The van der Waals surface area contributed by atoms with Crippen LogP contribution >= 0.6 is 12.2 Å². The third-order valence-corrected chi connectivity index (χ3v) is 10.4. The van der Waals surface area contributed by atoms with E-state index in [1.807, 2.05) is 60.5 Å². The van der Waals surface area contributed by atoms with Gasteiger partial charge < -0.3 is 58.7 Å². The molecular weight excluding hydrogens is 813 g/mol. The first-order chi connectivity index (χ1) is 29.1. The molecule has 0 aromatic heterocycles. The number of phenolic OH excluding ortho intramolecular Hbond substituents is 1. The summed E-state index contributed by atoms with van der Waals surface area (Å²) in [6, 6.07) is 21.7. The number of esters is 4. The van der Waals surface area contributed by atoms with Gasteiger partial charge in [-0.2, -0.15) is 0 Å². The van der Waals surface area contributed by atoms with Gasteiger partial charge in [0.2, 0.25) is 0 Å². The number of benzene rings is 3. The van der Waals surface area contributed by atoms with Crippen molar-refractivity contribution in [1.82, 2.24) is 10.2 Å². The molecule has 17 heteroatoms.